The van der Waals surface area contributed by atoms with Crippen LogP contribution in [0.15, 0.2) is 30.5 Å². The molecule has 2 aliphatic heterocycles. The molecule has 2 fully saturated rings. The third-order valence-electron chi connectivity index (χ3n) is 8.13. The highest BCUT2D eigenvalue weighted by Gasteiger charge is 2.42. The number of hydrogen-bond donors (Lipinski definition) is 6. The first-order chi connectivity index (χ1) is 21.0. The highest BCUT2D eigenvalue weighted by Crippen LogP contribution is 2.33. The van der Waals surface area contributed by atoms with Crippen LogP contribution in [0.1, 0.15) is 57.9 Å². The Balaban J connectivity index is 1.16. The fraction of sp³-hybridized carbons (Fsp3) is 0.581. The molecule has 0 bridgehead atoms. The van der Waals surface area contributed by atoms with Gasteiger partial charge in [0.15, 0.2) is 11.6 Å². The van der Waals surface area contributed by atoms with E-state index in [0.717, 1.165) is 28.6 Å². The normalized spacial score (nSPS) is 21.3. The minimum Gasteiger partial charge on any atom is -0.361 e. The number of rotatable bonds is 17. The summed E-state index contributed by atoms with van der Waals surface area (Å²) < 4.78 is 14.6. The van der Waals surface area contributed by atoms with Crippen LogP contribution in [0.4, 0.5) is 9.18 Å². The van der Waals surface area contributed by atoms with Crippen LogP contribution < -0.4 is 27.0 Å². The van der Waals surface area contributed by atoms with Gasteiger partial charge in [0.25, 0.3) is 0 Å². The Bertz CT molecular complexity index is 1350. The molecule has 0 spiro atoms. The Hall–Kier alpha value is -3.45. The molecule has 1 aromatic carbocycles. The average molecular weight is 631 g/mol. The van der Waals surface area contributed by atoms with Gasteiger partial charge in [-0.25, -0.2) is 9.18 Å². The second-order valence-corrected chi connectivity index (χ2v) is 13.3. The summed E-state index contributed by atoms with van der Waals surface area (Å²) in [6.07, 6.45) is 1.76. The first-order valence-corrected chi connectivity index (χ1v) is 16.3. The van der Waals surface area contributed by atoms with Crippen molar-refractivity contribution >= 4 is 52.1 Å². The second-order valence-electron chi connectivity index (χ2n) is 12.1. The van der Waals surface area contributed by atoms with E-state index < -0.39 is 41.6 Å². The maximum Gasteiger partial charge on any atom is 0.315 e. The molecular formula is C31H43FN6O5S. The van der Waals surface area contributed by atoms with E-state index in [1.165, 1.54) is 0 Å². The van der Waals surface area contributed by atoms with Crippen LogP contribution in [-0.2, 0) is 25.6 Å². The lowest BCUT2D eigenvalue weighted by Gasteiger charge is -2.22. The van der Waals surface area contributed by atoms with E-state index in [4.69, 9.17) is 5.73 Å². The molecule has 0 radical (unpaired) electrons. The Labute approximate surface area is 260 Å². The Kier molecular flexibility index (Phi) is 11.8. The number of nitrogens with two attached hydrogens (primary N) is 1. The van der Waals surface area contributed by atoms with E-state index in [9.17, 15) is 28.4 Å². The molecule has 1 unspecified atom stereocenters. The quantitative estimate of drug-likeness (QED) is 0.0883. The van der Waals surface area contributed by atoms with Crippen LogP contribution in [-0.4, -0.2) is 82.3 Å². The summed E-state index contributed by atoms with van der Waals surface area (Å²) in [5.74, 6) is -1.70. The Morgan fingerprint density at radius 3 is 2.59 bits per heavy atom. The van der Waals surface area contributed by atoms with Gasteiger partial charge in [-0.1, -0.05) is 38.5 Å². The number of aromatic nitrogens is 1. The van der Waals surface area contributed by atoms with E-state index in [2.05, 4.69) is 26.3 Å². The molecular weight excluding hydrogens is 587 g/mol. The van der Waals surface area contributed by atoms with Crippen molar-refractivity contribution in [3.8, 4) is 0 Å². The molecule has 0 aliphatic carbocycles. The summed E-state index contributed by atoms with van der Waals surface area (Å²) in [7, 11) is 0. The first kappa shape index (κ1) is 33.4. The van der Waals surface area contributed by atoms with Gasteiger partial charge in [-0.05, 0) is 43.2 Å². The fourth-order valence-electron chi connectivity index (χ4n) is 5.76. The number of ketones is 2. The lowest BCUT2D eigenvalue weighted by molar-refractivity contribution is -0.134. The molecule has 2 aliphatic rings. The van der Waals surface area contributed by atoms with Crippen LogP contribution >= 0.6 is 11.8 Å². The van der Waals surface area contributed by atoms with Crippen LogP contribution in [0.5, 0.6) is 0 Å². The van der Waals surface area contributed by atoms with E-state index in [1.54, 1.807) is 11.8 Å². The standard InChI is InChI=1S/C31H43FN6O5S/c1-17(2)13-22(36-29(41)20(33)14-18-15-35-21-8-4-3-7-19(18)21)30(42)34-12-11-25(40)27(32)24(39)9-5-6-10-26-28-23(16-44-26)37-31(43)38-28/h3-4,7-8,15,17,20,22-23,26-28,35H,5-6,9-14,16,33H2,1-2H3,(H,34,42)(H,36,41)(H2,37,38,43)/t20-,22-,23-,26-,27?,28-/m0/s1. The molecule has 44 heavy (non-hydrogen) atoms. The van der Waals surface area contributed by atoms with Crippen molar-refractivity contribution in [3.63, 3.8) is 0 Å². The summed E-state index contributed by atoms with van der Waals surface area (Å²) in [6.45, 7) is 3.67. The number of halogens is 1. The molecule has 13 heteroatoms. The van der Waals surface area contributed by atoms with Gasteiger partial charge in [-0.15, -0.1) is 0 Å². The number of hydrogen-bond acceptors (Lipinski definition) is 7. The number of fused-ring (bicyclic) bond motifs is 2. The number of para-hydroxylation sites is 1. The summed E-state index contributed by atoms with van der Waals surface area (Å²) in [4.78, 5) is 65.1. The Morgan fingerprint density at radius 2 is 1.82 bits per heavy atom. The molecule has 2 saturated heterocycles. The van der Waals surface area contributed by atoms with Gasteiger partial charge in [0, 0.05) is 47.5 Å². The predicted molar refractivity (Wildman–Crippen MR) is 168 cm³/mol. The van der Waals surface area contributed by atoms with Gasteiger partial charge in [0.05, 0.1) is 18.1 Å². The lowest BCUT2D eigenvalue weighted by Crippen LogP contribution is -2.52. The number of benzene rings is 1. The minimum atomic E-state index is -2.23. The van der Waals surface area contributed by atoms with Gasteiger partial charge >= 0.3 is 6.03 Å². The highest BCUT2D eigenvalue weighted by molar-refractivity contribution is 8.00. The van der Waals surface area contributed by atoms with Crippen LogP contribution in [0.3, 0.4) is 0 Å². The largest absolute Gasteiger partial charge is 0.361 e. The van der Waals surface area contributed by atoms with Crippen LogP contribution in [0.2, 0.25) is 0 Å². The molecule has 0 saturated carbocycles. The zero-order valence-electron chi connectivity index (χ0n) is 25.2. The van der Waals surface area contributed by atoms with E-state index in [-0.39, 0.29) is 55.1 Å². The van der Waals surface area contributed by atoms with Crippen molar-refractivity contribution in [1.29, 1.82) is 0 Å². The summed E-state index contributed by atoms with van der Waals surface area (Å²) >= 11 is 1.77. The van der Waals surface area contributed by atoms with Crippen LogP contribution in [0, 0.1) is 5.92 Å². The second kappa shape index (κ2) is 15.5. The predicted octanol–water partition coefficient (Wildman–Crippen LogP) is 2.28. The van der Waals surface area contributed by atoms with Crippen molar-refractivity contribution in [2.24, 2.45) is 11.7 Å². The smallest absolute Gasteiger partial charge is 0.315 e. The third kappa shape index (κ3) is 8.81. The lowest BCUT2D eigenvalue weighted by atomic mass is 10.00. The van der Waals surface area contributed by atoms with E-state index >= 15 is 0 Å². The van der Waals surface area contributed by atoms with Crippen molar-refractivity contribution in [2.45, 2.75) is 94.4 Å². The van der Waals surface area contributed by atoms with E-state index in [0.29, 0.717) is 19.3 Å². The molecule has 3 heterocycles. The summed E-state index contributed by atoms with van der Waals surface area (Å²) in [5, 5.41) is 12.3. The number of Topliss-reactive ketones (excluding diaryl/α,β-unsaturated/α-hetero) is 2. The van der Waals surface area contributed by atoms with Crippen LogP contribution in [0.25, 0.3) is 10.9 Å². The van der Waals surface area contributed by atoms with Crippen molar-refractivity contribution in [3.05, 3.63) is 36.0 Å². The molecule has 11 nitrogen and oxygen atoms in total. The summed E-state index contributed by atoms with van der Waals surface area (Å²) in [5.41, 5.74) is 8.02. The topological polar surface area (TPSA) is 175 Å². The summed E-state index contributed by atoms with van der Waals surface area (Å²) in [6, 6.07) is 5.97. The number of alkyl halides is 1. The number of thioether (sulfide) groups is 1. The third-order valence-corrected chi connectivity index (χ3v) is 9.64. The number of unbranched alkanes of at least 4 members (excludes halogenated alkanes) is 1. The monoisotopic (exact) mass is 630 g/mol. The molecule has 6 atom stereocenters. The number of urea groups is 1. The maximum atomic E-state index is 14.6. The molecule has 4 rings (SSSR count). The molecule has 240 valence electrons. The molecule has 2 aromatic rings. The molecule has 1 aromatic heterocycles. The minimum absolute atomic E-state index is 0.0450. The van der Waals surface area contributed by atoms with Crippen molar-refractivity contribution in [2.75, 3.05) is 12.3 Å². The van der Waals surface area contributed by atoms with Crippen molar-refractivity contribution < 1.29 is 28.4 Å². The highest BCUT2D eigenvalue weighted by atomic mass is 32.2. The number of aromatic amines is 1. The van der Waals surface area contributed by atoms with Gasteiger partial charge in [0.2, 0.25) is 18.0 Å². The molecule has 7 N–H and O–H groups in total. The van der Waals surface area contributed by atoms with Gasteiger partial charge in [0.1, 0.15) is 6.04 Å². The molecule has 4 amide bonds. The number of nitrogens with one attached hydrogen (secondary N) is 5. The Morgan fingerprint density at radius 1 is 1.07 bits per heavy atom. The zero-order valence-corrected chi connectivity index (χ0v) is 26.0. The fourth-order valence-corrected chi connectivity index (χ4v) is 7.31. The van der Waals surface area contributed by atoms with Crippen molar-refractivity contribution in [1.82, 2.24) is 26.3 Å². The van der Waals surface area contributed by atoms with Gasteiger partial charge in [-0.2, -0.15) is 11.8 Å². The van der Waals surface area contributed by atoms with Gasteiger partial charge < -0.3 is 32.0 Å². The zero-order chi connectivity index (χ0) is 31.8. The van der Waals surface area contributed by atoms with Gasteiger partial charge in [-0.3, -0.25) is 19.2 Å². The number of H-pyrrole nitrogens is 1. The number of carbonyl (C=O) groups is 5. The number of amides is 4. The maximum absolute atomic E-state index is 14.6. The number of carbonyl (C=O) groups excluding carboxylic acids is 5. The SMILES string of the molecule is CC(C)C[C@H](NC(=O)[C@@H](N)Cc1c[nH]c2ccccc12)C(=O)NCCC(=O)C(F)C(=O)CCCC[C@@H]1SC[C@@H]2NC(=O)N[C@@H]21. The first-order valence-electron chi connectivity index (χ1n) is 15.3. The average Bonchev–Trinajstić information content (AvgIpc) is 3.68. The van der Waals surface area contributed by atoms with E-state index in [1.807, 2.05) is 44.3 Å².